The monoisotopic (exact) mass is 359 g/mol. The van der Waals surface area contributed by atoms with Crippen molar-refractivity contribution >= 4 is 33.6 Å². The van der Waals surface area contributed by atoms with Crippen molar-refractivity contribution in [3.8, 4) is 0 Å². The van der Waals surface area contributed by atoms with Crippen LogP contribution in [-0.4, -0.2) is 23.1 Å². The minimum absolute atomic E-state index is 0.0415. The number of carbonyl (C=O) groups is 1. The molecule has 1 aromatic carbocycles. The van der Waals surface area contributed by atoms with E-state index in [2.05, 4.69) is 15.9 Å². The van der Waals surface area contributed by atoms with Gasteiger partial charge in [-0.1, -0.05) is 27.5 Å². The van der Waals surface area contributed by atoms with Crippen LogP contribution in [0.4, 0.5) is 4.79 Å². The fourth-order valence-corrected chi connectivity index (χ4v) is 3.31. The van der Waals surface area contributed by atoms with Crippen LogP contribution in [0.15, 0.2) is 22.7 Å². The van der Waals surface area contributed by atoms with Crippen molar-refractivity contribution in [1.82, 2.24) is 4.90 Å². The van der Waals surface area contributed by atoms with Crippen molar-refractivity contribution in [2.75, 3.05) is 6.54 Å². The molecule has 0 aliphatic carbocycles. The van der Waals surface area contributed by atoms with Crippen molar-refractivity contribution in [2.45, 2.75) is 45.3 Å². The molecule has 1 aliphatic heterocycles. The van der Waals surface area contributed by atoms with E-state index in [-0.39, 0.29) is 12.1 Å². The van der Waals surface area contributed by atoms with Gasteiger partial charge in [-0.05, 0) is 57.4 Å². The summed E-state index contributed by atoms with van der Waals surface area (Å²) in [6.07, 6.45) is 1.66. The minimum atomic E-state index is -0.473. The quantitative estimate of drug-likeness (QED) is 0.691. The summed E-state index contributed by atoms with van der Waals surface area (Å²) in [7, 11) is 0. The highest BCUT2D eigenvalue weighted by atomic mass is 79.9. The number of nitrogens with zero attached hydrogens (tertiary/aromatic N) is 1. The van der Waals surface area contributed by atoms with Gasteiger partial charge in [0.05, 0.1) is 6.04 Å². The van der Waals surface area contributed by atoms with Gasteiger partial charge in [0.1, 0.15) is 5.60 Å². The Balaban J connectivity index is 2.20. The van der Waals surface area contributed by atoms with Crippen molar-refractivity contribution < 1.29 is 9.53 Å². The molecule has 1 aromatic rings. The zero-order chi connectivity index (χ0) is 14.9. The van der Waals surface area contributed by atoms with Gasteiger partial charge >= 0.3 is 6.09 Å². The van der Waals surface area contributed by atoms with Crippen LogP contribution in [-0.2, 0) is 4.74 Å². The molecule has 1 saturated heterocycles. The van der Waals surface area contributed by atoms with Crippen molar-refractivity contribution in [2.24, 2.45) is 0 Å². The lowest BCUT2D eigenvalue weighted by Crippen LogP contribution is -2.36. The minimum Gasteiger partial charge on any atom is -0.444 e. The molecular formula is C15H19BrClNO2. The second-order valence-corrected chi connectivity index (χ2v) is 7.39. The molecule has 0 aromatic heterocycles. The Hall–Kier alpha value is -0.740. The zero-order valence-corrected chi connectivity index (χ0v) is 14.3. The van der Waals surface area contributed by atoms with E-state index in [4.69, 9.17) is 16.3 Å². The Labute approximate surface area is 133 Å². The summed E-state index contributed by atoms with van der Waals surface area (Å²) in [6.45, 7) is 6.37. The summed E-state index contributed by atoms with van der Waals surface area (Å²) >= 11 is 9.54. The number of rotatable bonds is 1. The van der Waals surface area contributed by atoms with Crippen LogP contribution < -0.4 is 0 Å². The second-order valence-electron chi connectivity index (χ2n) is 6.03. The Morgan fingerprint density at radius 1 is 1.40 bits per heavy atom. The molecule has 5 heteroatoms. The highest BCUT2D eigenvalue weighted by Crippen LogP contribution is 2.35. The predicted octanol–water partition coefficient (Wildman–Crippen LogP) is 5.17. The maximum absolute atomic E-state index is 12.3. The van der Waals surface area contributed by atoms with Crippen LogP contribution in [0, 0.1) is 0 Å². The Morgan fingerprint density at radius 3 is 2.70 bits per heavy atom. The van der Waals surface area contributed by atoms with Gasteiger partial charge in [-0.15, -0.1) is 0 Å². The highest BCUT2D eigenvalue weighted by Gasteiger charge is 2.33. The summed E-state index contributed by atoms with van der Waals surface area (Å²) < 4.78 is 6.40. The third-order valence-corrected chi connectivity index (χ3v) is 3.83. The van der Waals surface area contributed by atoms with Gasteiger partial charge in [0.2, 0.25) is 0 Å². The van der Waals surface area contributed by atoms with E-state index in [1.54, 1.807) is 4.90 Å². The number of carbonyl (C=O) groups excluding carboxylic acids is 1. The van der Waals surface area contributed by atoms with Crippen LogP contribution in [0.3, 0.4) is 0 Å². The van der Waals surface area contributed by atoms with Gasteiger partial charge in [0.25, 0.3) is 0 Å². The van der Waals surface area contributed by atoms with Crippen LogP contribution in [0.2, 0.25) is 5.02 Å². The number of hydrogen-bond donors (Lipinski definition) is 0. The van der Waals surface area contributed by atoms with Gasteiger partial charge in [0, 0.05) is 16.0 Å². The Morgan fingerprint density at radius 2 is 2.10 bits per heavy atom. The molecular weight excluding hydrogens is 342 g/mol. The summed E-state index contributed by atoms with van der Waals surface area (Å²) in [5.74, 6) is 0. The van der Waals surface area contributed by atoms with E-state index in [1.165, 1.54) is 0 Å². The van der Waals surface area contributed by atoms with Crippen molar-refractivity contribution in [3.05, 3.63) is 33.3 Å². The molecule has 2 rings (SSSR count). The predicted molar refractivity (Wildman–Crippen MR) is 84.1 cm³/mol. The van der Waals surface area contributed by atoms with Gasteiger partial charge in [-0.3, -0.25) is 0 Å². The first-order valence-electron chi connectivity index (χ1n) is 6.72. The summed E-state index contributed by atoms with van der Waals surface area (Å²) in [5.41, 5.74) is 0.576. The van der Waals surface area contributed by atoms with Crippen LogP contribution in [0.25, 0.3) is 0 Å². The Bertz CT molecular complexity index is 493. The van der Waals surface area contributed by atoms with E-state index in [0.29, 0.717) is 5.02 Å². The lowest BCUT2D eigenvalue weighted by molar-refractivity contribution is 0.0224. The molecule has 1 atom stereocenters. The number of likely N-dealkylation sites (tertiary alicyclic amines) is 1. The van der Waals surface area contributed by atoms with Crippen molar-refractivity contribution in [1.29, 1.82) is 0 Å². The largest absolute Gasteiger partial charge is 0.444 e. The topological polar surface area (TPSA) is 29.5 Å². The van der Waals surface area contributed by atoms with Gasteiger partial charge in [-0.2, -0.15) is 0 Å². The standard InChI is InChI=1S/C15H19BrClNO2/c1-15(2,3)20-14(19)18-6-4-5-13(18)10-7-11(16)9-12(17)8-10/h7-9,13H,4-6H2,1-3H3. The molecule has 0 radical (unpaired) electrons. The molecule has 3 nitrogen and oxygen atoms in total. The number of amides is 1. The molecule has 0 spiro atoms. The van der Waals surface area contributed by atoms with E-state index in [1.807, 2.05) is 39.0 Å². The summed E-state index contributed by atoms with van der Waals surface area (Å²) in [5, 5.41) is 0.672. The first kappa shape index (κ1) is 15.6. The molecule has 1 aliphatic rings. The van der Waals surface area contributed by atoms with Crippen LogP contribution >= 0.6 is 27.5 Å². The first-order chi connectivity index (χ1) is 9.26. The summed E-state index contributed by atoms with van der Waals surface area (Å²) in [4.78, 5) is 14.1. The third-order valence-electron chi connectivity index (χ3n) is 3.15. The summed E-state index contributed by atoms with van der Waals surface area (Å²) in [6, 6.07) is 5.82. The second kappa shape index (κ2) is 5.94. The molecule has 110 valence electrons. The number of halogens is 2. The van der Waals surface area contributed by atoms with Gasteiger partial charge in [0.15, 0.2) is 0 Å². The molecule has 1 unspecified atom stereocenters. The first-order valence-corrected chi connectivity index (χ1v) is 7.89. The highest BCUT2D eigenvalue weighted by molar-refractivity contribution is 9.10. The van der Waals surface area contributed by atoms with E-state index in [0.717, 1.165) is 29.4 Å². The number of benzene rings is 1. The molecule has 0 bridgehead atoms. The molecule has 20 heavy (non-hydrogen) atoms. The average Bonchev–Trinajstić information content (AvgIpc) is 2.73. The smallest absolute Gasteiger partial charge is 0.410 e. The van der Waals surface area contributed by atoms with E-state index in [9.17, 15) is 4.79 Å². The fraction of sp³-hybridized carbons (Fsp3) is 0.533. The van der Waals surface area contributed by atoms with Gasteiger partial charge in [-0.25, -0.2) is 4.79 Å². The van der Waals surface area contributed by atoms with Gasteiger partial charge < -0.3 is 9.64 Å². The lowest BCUT2D eigenvalue weighted by atomic mass is 10.1. The fourth-order valence-electron chi connectivity index (χ4n) is 2.42. The third kappa shape index (κ3) is 3.89. The van der Waals surface area contributed by atoms with Crippen LogP contribution in [0.1, 0.15) is 45.2 Å². The molecule has 0 saturated carbocycles. The molecule has 1 fully saturated rings. The zero-order valence-electron chi connectivity index (χ0n) is 12.0. The normalized spacial score (nSPS) is 19.2. The molecule has 1 heterocycles. The number of hydrogen-bond acceptors (Lipinski definition) is 2. The maximum atomic E-state index is 12.3. The van der Waals surface area contributed by atoms with E-state index >= 15 is 0 Å². The van der Waals surface area contributed by atoms with Crippen LogP contribution in [0.5, 0.6) is 0 Å². The Kier molecular flexibility index (Phi) is 4.65. The molecule has 1 amide bonds. The van der Waals surface area contributed by atoms with Crippen molar-refractivity contribution in [3.63, 3.8) is 0 Å². The number of ether oxygens (including phenoxy) is 1. The molecule has 0 N–H and O–H groups in total. The average molecular weight is 361 g/mol. The van der Waals surface area contributed by atoms with E-state index < -0.39 is 5.60 Å². The SMILES string of the molecule is CC(C)(C)OC(=O)N1CCCC1c1cc(Cl)cc(Br)c1. The maximum Gasteiger partial charge on any atom is 0.410 e. The lowest BCUT2D eigenvalue weighted by Gasteiger charge is -2.29.